The smallest absolute Gasteiger partial charge is 0.300 e. The maximum Gasteiger partial charge on any atom is 0.300 e. The number of hydrogen-bond acceptors (Lipinski definition) is 5. The lowest BCUT2D eigenvalue weighted by atomic mass is 10.1. The van der Waals surface area contributed by atoms with Crippen LogP contribution in [0.5, 0.6) is 5.75 Å². The summed E-state index contributed by atoms with van der Waals surface area (Å²) in [5.41, 5.74) is 4.17. The van der Waals surface area contributed by atoms with Gasteiger partial charge in [-0.15, -0.1) is 0 Å². The van der Waals surface area contributed by atoms with E-state index in [-0.39, 0.29) is 11.3 Å². The monoisotopic (exact) mass is 456 g/mol. The Hall–Kier alpha value is -4.23. The van der Waals surface area contributed by atoms with Crippen LogP contribution in [0, 0.1) is 0 Å². The van der Waals surface area contributed by atoms with Gasteiger partial charge in [-0.05, 0) is 23.8 Å². The molecule has 0 spiro atoms. The average molecular weight is 457 g/mol. The van der Waals surface area contributed by atoms with Gasteiger partial charge < -0.3 is 10.2 Å². The summed E-state index contributed by atoms with van der Waals surface area (Å²) in [4.78, 5) is 27.8. The first-order valence-electron chi connectivity index (χ1n) is 10.1. The lowest BCUT2D eigenvalue weighted by Gasteiger charge is -2.04. The van der Waals surface area contributed by atoms with Gasteiger partial charge >= 0.3 is 0 Å². The summed E-state index contributed by atoms with van der Waals surface area (Å²) < 4.78 is 2.27. The van der Waals surface area contributed by atoms with Crippen LogP contribution in [0.2, 0.25) is 0 Å². The van der Waals surface area contributed by atoms with Crippen LogP contribution in [0.15, 0.2) is 89.7 Å². The van der Waals surface area contributed by atoms with Crippen LogP contribution in [0.4, 0.5) is 0 Å². The number of fused-ring (bicyclic) bond motifs is 1. The van der Waals surface area contributed by atoms with Gasteiger partial charge in [0.2, 0.25) is 0 Å². The molecule has 33 heavy (non-hydrogen) atoms. The molecule has 0 bridgehead atoms. The lowest BCUT2D eigenvalue weighted by molar-refractivity contribution is -0.134. The first-order valence-corrected chi connectivity index (χ1v) is 10.9. The molecule has 0 unspecified atom stereocenters. The minimum absolute atomic E-state index is 0.109. The van der Waals surface area contributed by atoms with Crippen molar-refractivity contribution >= 4 is 28.3 Å². The number of benzene rings is 3. The van der Waals surface area contributed by atoms with Crippen molar-refractivity contribution in [3.63, 3.8) is 0 Å². The molecular weight excluding hydrogens is 436 g/mol. The van der Waals surface area contributed by atoms with Crippen molar-refractivity contribution in [3.8, 4) is 28.3 Å². The molecule has 5 aromatic rings. The third kappa shape index (κ3) is 4.83. The van der Waals surface area contributed by atoms with Crippen LogP contribution in [-0.2, 0) is 4.79 Å². The number of aromatic hydroxyl groups is 1. The van der Waals surface area contributed by atoms with Crippen molar-refractivity contribution in [1.29, 1.82) is 0 Å². The number of aliphatic carboxylic acids is 1. The van der Waals surface area contributed by atoms with Gasteiger partial charge in [-0.25, -0.2) is 9.38 Å². The molecule has 0 saturated carbocycles. The zero-order valence-electron chi connectivity index (χ0n) is 17.7. The molecule has 0 aliphatic heterocycles. The van der Waals surface area contributed by atoms with Crippen LogP contribution in [0.25, 0.3) is 33.6 Å². The van der Waals surface area contributed by atoms with Crippen molar-refractivity contribution < 1.29 is 15.0 Å². The van der Waals surface area contributed by atoms with Crippen LogP contribution < -0.4 is 10.1 Å². The van der Waals surface area contributed by atoms with Crippen LogP contribution >= 0.6 is 11.3 Å². The van der Waals surface area contributed by atoms with Crippen LogP contribution in [0.1, 0.15) is 12.5 Å². The van der Waals surface area contributed by atoms with Crippen molar-refractivity contribution in [1.82, 2.24) is 9.38 Å². The molecular formula is C26H20N2O4S. The number of phenols is 1. The van der Waals surface area contributed by atoms with Gasteiger partial charge in [-0.2, -0.15) is 0 Å². The highest BCUT2D eigenvalue weighted by molar-refractivity contribution is 7.15. The molecule has 0 aliphatic carbocycles. The van der Waals surface area contributed by atoms with Crippen LogP contribution in [-0.4, -0.2) is 25.6 Å². The van der Waals surface area contributed by atoms with Gasteiger partial charge in [-0.1, -0.05) is 84.1 Å². The number of carboxylic acids is 1. The minimum atomic E-state index is -0.833. The van der Waals surface area contributed by atoms with E-state index in [0.29, 0.717) is 9.49 Å². The number of hydrogen-bond donors (Lipinski definition) is 2. The van der Waals surface area contributed by atoms with Gasteiger partial charge in [0, 0.05) is 18.1 Å². The highest BCUT2D eigenvalue weighted by Crippen LogP contribution is 2.32. The molecule has 2 N–H and O–H groups in total. The van der Waals surface area contributed by atoms with E-state index in [1.165, 1.54) is 11.3 Å². The van der Waals surface area contributed by atoms with Gasteiger partial charge in [0.05, 0.1) is 15.9 Å². The summed E-state index contributed by atoms with van der Waals surface area (Å²) in [5.74, 6) is -0.663. The third-order valence-electron chi connectivity index (χ3n) is 4.72. The molecule has 2 heterocycles. The normalized spacial score (nSPS) is 11.2. The maximum atomic E-state index is 13.3. The SMILES string of the molecule is CC(=O)O.O=c1/c(=C/c2cccc(O)c2)sc2nc(-c3ccccc3)c(-c3ccccc3)n12. The Morgan fingerprint density at radius 2 is 1.55 bits per heavy atom. The number of carboxylic acid groups (broad SMARTS) is 1. The van der Waals surface area contributed by atoms with E-state index >= 15 is 0 Å². The van der Waals surface area contributed by atoms with E-state index in [1.807, 2.05) is 66.7 Å². The maximum absolute atomic E-state index is 13.3. The molecule has 0 atom stereocenters. The Morgan fingerprint density at radius 1 is 0.939 bits per heavy atom. The molecule has 0 fully saturated rings. The number of phenolic OH excluding ortho intramolecular Hbond substituents is 1. The van der Waals surface area contributed by atoms with Crippen LogP contribution in [0.3, 0.4) is 0 Å². The van der Waals surface area contributed by atoms with Crippen molar-refractivity contribution in [3.05, 3.63) is 105 Å². The largest absolute Gasteiger partial charge is 0.508 e. The fraction of sp³-hybridized carbons (Fsp3) is 0.0385. The predicted molar refractivity (Wildman–Crippen MR) is 130 cm³/mol. The first-order chi connectivity index (χ1) is 15.9. The highest BCUT2D eigenvalue weighted by atomic mass is 32.1. The highest BCUT2D eigenvalue weighted by Gasteiger charge is 2.19. The third-order valence-corrected chi connectivity index (χ3v) is 5.69. The van der Waals surface area contributed by atoms with Crippen molar-refractivity contribution in [2.45, 2.75) is 6.92 Å². The Labute approximate surface area is 193 Å². The van der Waals surface area contributed by atoms with E-state index in [4.69, 9.17) is 14.9 Å². The van der Waals surface area contributed by atoms with Crippen molar-refractivity contribution in [2.75, 3.05) is 0 Å². The molecule has 2 aromatic heterocycles. The number of thiazole rings is 1. The number of aromatic nitrogens is 2. The van der Waals surface area contributed by atoms with Gasteiger partial charge in [0.25, 0.3) is 11.5 Å². The molecule has 5 rings (SSSR count). The lowest BCUT2D eigenvalue weighted by Crippen LogP contribution is -2.23. The van der Waals surface area contributed by atoms with E-state index in [2.05, 4.69) is 0 Å². The Morgan fingerprint density at radius 3 is 2.15 bits per heavy atom. The summed E-state index contributed by atoms with van der Waals surface area (Å²) in [6.45, 7) is 1.08. The Balaban J connectivity index is 0.000000601. The number of imidazole rings is 1. The number of nitrogens with zero attached hydrogens (tertiary/aromatic N) is 2. The quantitative estimate of drug-likeness (QED) is 0.419. The van der Waals surface area contributed by atoms with Gasteiger partial charge in [0.15, 0.2) is 4.96 Å². The fourth-order valence-corrected chi connectivity index (χ4v) is 4.40. The second-order valence-corrected chi connectivity index (χ2v) is 8.20. The second-order valence-electron chi connectivity index (χ2n) is 7.19. The first kappa shape index (κ1) is 22.0. The number of carbonyl (C=O) groups is 1. The van der Waals surface area contributed by atoms with Gasteiger partial charge in [-0.3, -0.25) is 9.59 Å². The Kier molecular flexibility index (Phi) is 6.33. The summed E-state index contributed by atoms with van der Waals surface area (Å²) in [5, 5.41) is 17.1. The Bertz CT molecular complexity index is 1520. The predicted octanol–water partition coefficient (Wildman–Crippen LogP) is 4.43. The zero-order chi connectivity index (χ0) is 23.4. The summed E-state index contributed by atoms with van der Waals surface area (Å²) >= 11 is 1.35. The van der Waals surface area contributed by atoms with E-state index in [9.17, 15) is 9.90 Å². The molecule has 7 heteroatoms. The molecule has 6 nitrogen and oxygen atoms in total. The molecule has 0 aliphatic rings. The molecule has 0 amide bonds. The van der Waals surface area contributed by atoms with E-state index < -0.39 is 5.97 Å². The van der Waals surface area contributed by atoms with Crippen molar-refractivity contribution in [2.24, 2.45) is 0 Å². The molecule has 164 valence electrons. The van der Waals surface area contributed by atoms with Gasteiger partial charge in [0.1, 0.15) is 5.75 Å². The molecule has 3 aromatic carbocycles. The van der Waals surface area contributed by atoms with E-state index in [0.717, 1.165) is 35.0 Å². The zero-order valence-corrected chi connectivity index (χ0v) is 18.5. The van der Waals surface area contributed by atoms with E-state index in [1.54, 1.807) is 28.7 Å². The molecule has 0 radical (unpaired) electrons. The summed E-state index contributed by atoms with van der Waals surface area (Å²) in [6.07, 6.45) is 1.79. The topological polar surface area (TPSA) is 91.9 Å². The molecule has 0 saturated heterocycles. The fourth-order valence-electron chi connectivity index (χ4n) is 3.43. The number of rotatable bonds is 3. The minimum Gasteiger partial charge on any atom is -0.508 e. The summed E-state index contributed by atoms with van der Waals surface area (Å²) in [7, 11) is 0. The summed E-state index contributed by atoms with van der Waals surface area (Å²) in [6, 6.07) is 26.6. The standard InChI is InChI=1S/C24H16N2O2S.C2H4O2/c27-19-13-7-8-16(14-19)15-20-23(28)26-22(18-11-5-2-6-12-18)21(25-24(26)29-20)17-9-3-1-4-10-17;1-2(3)4/h1-15,27H;1H3,(H,3,4)/b20-15-;. The average Bonchev–Trinajstić information content (AvgIpc) is 3.31. The second kappa shape index (κ2) is 9.50.